The molecule has 15 heavy (non-hydrogen) atoms. The minimum absolute atomic E-state index is 0.255. The Morgan fingerprint density at radius 3 is 2.93 bits per heavy atom. The first-order chi connectivity index (χ1) is 7.27. The van der Waals surface area contributed by atoms with E-state index < -0.39 is 0 Å². The Hall–Kier alpha value is -1.32. The van der Waals surface area contributed by atoms with E-state index in [1.807, 2.05) is 7.05 Å². The fourth-order valence-electron chi connectivity index (χ4n) is 2.17. The highest BCUT2D eigenvalue weighted by Gasteiger charge is 2.25. The first-order valence-electron chi connectivity index (χ1n) is 5.50. The van der Waals surface area contributed by atoms with E-state index in [0.29, 0.717) is 6.54 Å². The Morgan fingerprint density at radius 1 is 1.60 bits per heavy atom. The van der Waals surface area contributed by atoms with Crippen molar-refractivity contribution in [2.75, 3.05) is 7.05 Å². The van der Waals surface area contributed by atoms with Crippen molar-refractivity contribution < 1.29 is 4.79 Å². The van der Waals surface area contributed by atoms with Crippen LogP contribution in [0.4, 0.5) is 0 Å². The van der Waals surface area contributed by atoms with Crippen LogP contribution in [0.3, 0.4) is 0 Å². The molecule has 0 aromatic carbocycles. The average Bonchev–Trinajstić information content (AvgIpc) is 2.88. The summed E-state index contributed by atoms with van der Waals surface area (Å²) in [6.45, 7) is 0.586. The maximum atomic E-state index is 12.0. The molecule has 1 fully saturated rings. The summed E-state index contributed by atoms with van der Waals surface area (Å²) in [6.07, 6.45) is 8.01. The van der Waals surface area contributed by atoms with Crippen molar-refractivity contribution in [1.29, 1.82) is 0 Å². The summed E-state index contributed by atoms with van der Waals surface area (Å²) in [5.41, 5.74) is 0. The molecule has 0 radical (unpaired) electrons. The van der Waals surface area contributed by atoms with E-state index in [1.165, 1.54) is 12.8 Å². The Morgan fingerprint density at radius 2 is 2.33 bits per heavy atom. The van der Waals surface area contributed by atoms with E-state index in [4.69, 9.17) is 0 Å². The molecule has 0 bridgehead atoms. The van der Waals surface area contributed by atoms with Crippen molar-refractivity contribution >= 4 is 5.91 Å². The highest BCUT2D eigenvalue weighted by atomic mass is 16.2. The van der Waals surface area contributed by atoms with Gasteiger partial charge in [0.05, 0.1) is 6.54 Å². The molecule has 1 amide bonds. The molecule has 1 aliphatic carbocycles. The number of hydrogen-bond acceptors (Lipinski definition) is 2. The number of amides is 1. The van der Waals surface area contributed by atoms with Gasteiger partial charge in [-0.3, -0.25) is 4.79 Å². The van der Waals surface area contributed by atoms with Gasteiger partial charge in [0.2, 0.25) is 5.91 Å². The van der Waals surface area contributed by atoms with Crippen LogP contribution in [0.1, 0.15) is 31.5 Å². The summed E-state index contributed by atoms with van der Waals surface area (Å²) in [5.74, 6) is 1.37. The van der Waals surface area contributed by atoms with Crippen LogP contribution in [0.2, 0.25) is 0 Å². The van der Waals surface area contributed by atoms with E-state index in [9.17, 15) is 4.79 Å². The molecule has 1 saturated carbocycles. The maximum Gasteiger partial charge on any atom is 0.225 e. The summed E-state index contributed by atoms with van der Waals surface area (Å²) >= 11 is 0. The Kier molecular flexibility index (Phi) is 3.04. The van der Waals surface area contributed by atoms with E-state index >= 15 is 0 Å². The van der Waals surface area contributed by atoms with E-state index in [-0.39, 0.29) is 11.8 Å². The third kappa shape index (κ3) is 2.37. The van der Waals surface area contributed by atoms with Gasteiger partial charge in [0.15, 0.2) is 0 Å². The number of nitrogens with one attached hydrogen (secondary N) is 1. The highest BCUT2D eigenvalue weighted by molar-refractivity contribution is 5.78. The first-order valence-corrected chi connectivity index (χ1v) is 5.50. The Labute approximate surface area is 89.7 Å². The molecule has 1 aliphatic rings. The number of aromatic nitrogens is 2. The largest absolute Gasteiger partial charge is 0.347 e. The van der Waals surface area contributed by atoms with Gasteiger partial charge >= 0.3 is 0 Å². The van der Waals surface area contributed by atoms with Crippen molar-refractivity contribution in [3.63, 3.8) is 0 Å². The molecular weight excluding hydrogens is 190 g/mol. The molecule has 4 heteroatoms. The number of aromatic amines is 1. The molecule has 2 rings (SSSR count). The minimum Gasteiger partial charge on any atom is -0.347 e. The number of rotatable bonds is 3. The topological polar surface area (TPSA) is 49.0 Å². The number of imidazole rings is 1. The van der Waals surface area contributed by atoms with Gasteiger partial charge in [-0.05, 0) is 12.8 Å². The lowest BCUT2D eigenvalue weighted by Gasteiger charge is -2.19. The van der Waals surface area contributed by atoms with Crippen molar-refractivity contribution in [3.05, 3.63) is 18.2 Å². The Bertz CT molecular complexity index is 315. The Balaban J connectivity index is 1.89. The van der Waals surface area contributed by atoms with Crippen molar-refractivity contribution in [1.82, 2.24) is 14.9 Å². The molecule has 1 aromatic heterocycles. The van der Waals surface area contributed by atoms with Gasteiger partial charge in [-0.25, -0.2) is 4.98 Å². The fraction of sp³-hybridized carbons (Fsp3) is 0.636. The van der Waals surface area contributed by atoms with Gasteiger partial charge in [0.25, 0.3) is 0 Å². The van der Waals surface area contributed by atoms with E-state index in [0.717, 1.165) is 18.7 Å². The third-order valence-corrected chi connectivity index (χ3v) is 3.02. The van der Waals surface area contributed by atoms with Gasteiger partial charge in [0, 0.05) is 25.4 Å². The van der Waals surface area contributed by atoms with Gasteiger partial charge in [-0.15, -0.1) is 0 Å². The van der Waals surface area contributed by atoms with Crippen molar-refractivity contribution in [2.45, 2.75) is 32.2 Å². The first kappa shape index (κ1) is 10.2. The molecule has 0 spiro atoms. The van der Waals surface area contributed by atoms with Crippen LogP contribution in [-0.2, 0) is 11.3 Å². The summed E-state index contributed by atoms with van der Waals surface area (Å²) in [7, 11) is 1.85. The predicted molar refractivity (Wildman–Crippen MR) is 57.0 cm³/mol. The fourth-order valence-corrected chi connectivity index (χ4v) is 2.17. The second-order valence-electron chi connectivity index (χ2n) is 4.21. The van der Waals surface area contributed by atoms with Gasteiger partial charge in [-0.2, -0.15) is 0 Å². The normalized spacial score (nSPS) is 16.9. The lowest BCUT2D eigenvalue weighted by molar-refractivity contribution is -0.134. The molecule has 0 unspecified atom stereocenters. The van der Waals surface area contributed by atoms with Crippen LogP contribution in [-0.4, -0.2) is 27.8 Å². The number of carbonyl (C=O) groups excluding carboxylic acids is 1. The summed E-state index contributed by atoms with van der Waals surface area (Å²) < 4.78 is 0. The quantitative estimate of drug-likeness (QED) is 0.817. The van der Waals surface area contributed by atoms with Crippen molar-refractivity contribution in [2.24, 2.45) is 5.92 Å². The minimum atomic E-state index is 0.255. The summed E-state index contributed by atoms with van der Waals surface area (Å²) in [4.78, 5) is 20.9. The molecule has 1 N–H and O–H groups in total. The number of carbonyl (C=O) groups is 1. The standard InChI is InChI=1S/C11H17N3O/c1-14(8-10-12-6-7-13-10)11(15)9-4-2-3-5-9/h6-7,9H,2-5,8H2,1H3,(H,12,13). The molecule has 0 atom stereocenters. The van der Waals surface area contributed by atoms with Gasteiger partial charge in [-0.1, -0.05) is 12.8 Å². The zero-order valence-electron chi connectivity index (χ0n) is 9.07. The van der Waals surface area contributed by atoms with Gasteiger partial charge in [0.1, 0.15) is 5.82 Å². The molecule has 82 valence electrons. The maximum absolute atomic E-state index is 12.0. The van der Waals surface area contributed by atoms with Crippen LogP contribution < -0.4 is 0 Å². The monoisotopic (exact) mass is 207 g/mol. The third-order valence-electron chi connectivity index (χ3n) is 3.02. The van der Waals surface area contributed by atoms with E-state index in [1.54, 1.807) is 17.3 Å². The second-order valence-corrected chi connectivity index (χ2v) is 4.21. The molecular formula is C11H17N3O. The average molecular weight is 207 g/mol. The summed E-state index contributed by atoms with van der Waals surface area (Å²) in [6, 6.07) is 0. The molecule has 0 saturated heterocycles. The number of hydrogen-bond donors (Lipinski definition) is 1. The van der Waals surface area contributed by atoms with Crippen LogP contribution in [0.5, 0.6) is 0 Å². The molecule has 4 nitrogen and oxygen atoms in total. The van der Waals surface area contributed by atoms with Crippen LogP contribution in [0.25, 0.3) is 0 Å². The van der Waals surface area contributed by atoms with Crippen LogP contribution in [0.15, 0.2) is 12.4 Å². The number of nitrogens with zero attached hydrogens (tertiary/aromatic N) is 2. The molecule has 1 heterocycles. The smallest absolute Gasteiger partial charge is 0.225 e. The second kappa shape index (κ2) is 4.47. The molecule has 0 aliphatic heterocycles. The van der Waals surface area contributed by atoms with Gasteiger partial charge < -0.3 is 9.88 Å². The lowest BCUT2D eigenvalue weighted by atomic mass is 10.1. The highest BCUT2D eigenvalue weighted by Crippen LogP contribution is 2.26. The lowest BCUT2D eigenvalue weighted by Crippen LogP contribution is -2.31. The molecule has 1 aromatic rings. The number of H-pyrrole nitrogens is 1. The van der Waals surface area contributed by atoms with Crippen molar-refractivity contribution in [3.8, 4) is 0 Å². The summed E-state index contributed by atoms with van der Waals surface area (Å²) in [5, 5.41) is 0. The predicted octanol–water partition coefficient (Wildman–Crippen LogP) is 1.56. The SMILES string of the molecule is CN(Cc1ncc[nH]1)C(=O)C1CCCC1. The van der Waals surface area contributed by atoms with Crippen LogP contribution >= 0.6 is 0 Å². The zero-order chi connectivity index (χ0) is 10.7. The van der Waals surface area contributed by atoms with Crippen LogP contribution in [0, 0.1) is 5.92 Å². The van der Waals surface area contributed by atoms with E-state index in [2.05, 4.69) is 9.97 Å². The zero-order valence-corrected chi connectivity index (χ0v) is 9.07.